The molecule has 2 aromatic rings. The zero-order valence-corrected chi connectivity index (χ0v) is 24.2. The number of ether oxygens (including phenoxy) is 1. The van der Waals surface area contributed by atoms with Crippen LogP contribution in [-0.2, 0) is 30.3 Å². The van der Waals surface area contributed by atoms with Crippen LogP contribution in [0.3, 0.4) is 0 Å². The van der Waals surface area contributed by atoms with E-state index in [0.717, 1.165) is 18.2 Å². The number of pyridine rings is 1. The van der Waals surface area contributed by atoms with Crippen molar-refractivity contribution in [1.82, 2.24) is 20.1 Å². The van der Waals surface area contributed by atoms with E-state index >= 15 is 0 Å². The molecular weight excluding hydrogens is 539 g/mol. The van der Waals surface area contributed by atoms with Crippen molar-refractivity contribution in [2.75, 3.05) is 21.5 Å². The zero-order valence-electron chi connectivity index (χ0n) is 22.5. The van der Waals surface area contributed by atoms with Crippen molar-refractivity contribution >= 4 is 43.5 Å². The number of hydrogen-bond donors (Lipinski definition) is 2. The van der Waals surface area contributed by atoms with E-state index in [9.17, 15) is 26.0 Å². The molecule has 1 fully saturated rings. The second kappa shape index (κ2) is 10.7. The number of carbonyl (C=O) groups excluding carboxylic acids is 1. The van der Waals surface area contributed by atoms with Crippen molar-refractivity contribution in [3.05, 3.63) is 29.8 Å². The van der Waals surface area contributed by atoms with E-state index < -0.39 is 43.3 Å². The lowest BCUT2D eigenvalue weighted by molar-refractivity contribution is 0.0981. The minimum Gasteiger partial charge on any atom is -0.446 e. The number of aromatic nitrogens is 3. The number of sulfonamides is 2. The Bertz CT molecular complexity index is 1370. The van der Waals surface area contributed by atoms with E-state index in [1.165, 1.54) is 6.07 Å². The minimum atomic E-state index is -4.32. The fourth-order valence-electron chi connectivity index (χ4n) is 4.30. The first-order valence-corrected chi connectivity index (χ1v) is 15.8. The van der Waals surface area contributed by atoms with Gasteiger partial charge in [-0.3, -0.25) is 0 Å². The molecule has 3 rings (SSSR count). The third-order valence-electron chi connectivity index (χ3n) is 5.73. The van der Waals surface area contributed by atoms with Crippen molar-refractivity contribution in [3.63, 3.8) is 0 Å². The SMILES string of the molecule is CC(C)NC(=O)O[C@@H]1CC[C@H](c2cc(Nc3ccc(N(S(C)(=O)=O)S(C)(=O)=O)c(F)n3)n(C(C)(C)C)n2)C1. The molecule has 1 aliphatic carbocycles. The summed E-state index contributed by atoms with van der Waals surface area (Å²) in [6.07, 6.45) is 2.74. The molecule has 0 saturated heterocycles. The van der Waals surface area contributed by atoms with Crippen molar-refractivity contribution < 1.29 is 30.8 Å². The molecule has 0 aromatic carbocycles. The quantitative estimate of drug-likeness (QED) is 0.452. The Labute approximate surface area is 223 Å². The van der Waals surface area contributed by atoms with E-state index in [1.807, 2.05) is 40.7 Å². The highest BCUT2D eigenvalue weighted by Gasteiger charge is 2.33. The second-order valence-electron chi connectivity index (χ2n) is 10.7. The van der Waals surface area contributed by atoms with Gasteiger partial charge in [0.1, 0.15) is 23.4 Å². The van der Waals surface area contributed by atoms with Gasteiger partial charge in [0.15, 0.2) is 0 Å². The summed E-state index contributed by atoms with van der Waals surface area (Å²) in [4.78, 5) is 15.7. The van der Waals surface area contributed by atoms with Gasteiger partial charge >= 0.3 is 6.09 Å². The summed E-state index contributed by atoms with van der Waals surface area (Å²) in [6, 6.07) is 4.12. The Hall–Kier alpha value is -2.94. The summed E-state index contributed by atoms with van der Waals surface area (Å²) >= 11 is 0. The van der Waals surface area contributed by atoms with Crippen LogP contribution < -0.4 is 14.3 Å². The molecule has 2 N–H and O–H groups in total. The molecule has 15 heteroatoms. The zero-order chi connectivity index (χ0) is 28.6. The van der Waals surface area contributed by atoms with Gasteiger partial charge < -0.3 is 15.4 Å². The van der Waals surface area contributed by atoms with E-state index in [0.29, 0.717) is 31.2 Å². The van der Waals surface area contributed by atoms with E-state index in [-0.39, 0.29) is 27.6 Å². The van der Waals surface area contributed by atoms with Crippen LogP contribution in [0.1, 0.15) is 65.5 Å². The number of alkyl carbamates (subject to hydrolysis) is 1. The summed E-state index contributed by atoms with van der Waals surface area (Å²) in [5.41, 5.74) is -0.395. The molecule has 2 atom stereocenters. The largest absolute Gasteiger partial charge is 0.446 e. The lowest BCUT2D eigenvalue weighted by atomic mass is 10.0. The van der Waals surface area contributed by atoms with Gasteiger partial charge in [-0.15, -0.1) is 0 Å². The number of hydrogen-bond acceptors (Lipinski definition) is 9. The van der Waals surface area contributed by atoms with Crippen molar-refractivity contribution in [2.45, 2.75) is 77.5 Å². The third-order valence-corrected chi connectivity index (χ3v) is 8.95. The van der Waals surface area contributed by atoms with Crippen molar-refractivity contribution in [2.24, 2.45) is 0 Å². The summed E-state index contributed by atoms with van der Waals surface area (Å²) < 4.78 is 70.2. The first kappa shape index (κ1) is 29.6. The third kappa shape index (κ3) is 7.12. The molecular formula is C23H35FN6O6S2. The van der Waals surface area contributed by atoms with Crippen molar-refractivity contribution in [1.29, 1.82) is 0 Å². The lowest BCUT2D eigenvalue weighted by Crippen LogP contribution is -2.36. The molecule has 0 radical (unpaired) electrons. The summed E-state index contributed by atoms with van der Waals surface area (Å²) in [6.45, 7) is 9.54. The first-order valence-electron chi connectivity index (χ1n) is 12.1. The van der Waals surface area contributed by atoms with Gasteiger partial charge in [-0.2, -0.15) is 13.2 Å². The van der Waals surface area contributed by atoms with E-state index in [1.54, 1.807) is 4.68 Å². The van der Waals surface area contributed by atoms with E-state index in [4.69, 9.17) is 9.84 Å². The van der Waals surface area contributed by atoms with Crippen molar-refractivity contribution in [3.8, 4) is 0 Å². The average molecular weight is 575 g/mol. The Kier molecular flexibility index (Phi) is 8.32. The minimum absolute atomic E-state index is 0.00361. The number of amides is 1. The van der Waals surface area contributed by atoms with Gasteiger partial charge in [0.2, 0.25) is 26.0 Å². The normalized spacial score (nSPS) is 18.4. The van der Waals surface area contributed by atoms with Gasteiger partial charge in [-0.05, 0) is 66.0 Å². The van der Waals surface area contributed by atoms with Crippen LogP contribution in [0.2, 0.25) is 0 Å². The summed E-state index contributed by atoms with van der Waals surface area (Å²) in [7, 11) is -8.65. The van der Waals surface area contributed by atoms with Gasteiger partial charge in [-0.25, -0.2) is 31.3 Å². The molecule has 2 aromatic heterocycles. The van der Waals surface area contributed by atoms with E-state index in [2.05, 4.69) is 15.6 Å². The average Bonchev–Trinajstić information content (AvgIpc) is 3.34. The number of halogens is 1. The van der Waals surface area contributed by atoms with Gasteiger partial charge in [-0.1, -0.05) is 0 Å². The fourth-order valence-corrected chi connectivity index (χ4v) is 7.26. The molecule has 0 aliphatic heterocycles. The van der Waals surface area contributed by atoms with Crippen LogP contribution in [0.4, 0.5) is 26.5 Å². The van der Waals surface area contributed by atoms with Crippen LogP contribution in [0.25, 0.3) is 0 Å². The lowest BCUT2D eigenvalue weighted by Gasteiger charge is -2.23. The molecule has 12 nitrogen and oxygen atoms in total. The van der Waals surface area contributed by atoms with Gasteiger partial charge in [0.25, 0.3) is 0 Å². The Morgan fingerprint density at radius 3 is 2.32 bits per heavy atom. The maximum Gasteiger partial charge on any atom is 0.407 e. The fraction of sp³-hybridized carbons (Fsp3) is 0.609. The highest BCUT2D eigenvalue weighted by Crippen LogP contribution is 2.38. The predicted octanol–water partition coefficient (Wildman–Crippen LogP) is 3.41. The Morgan fingerprint density at radius 2 is 1.79 bits per heavy atom. The molecule has 1 amide bonds. The Balaban J connectivity index is 1.86. The van der Waals surface area contributed by atoms with Crippen LogP contribution in [0.5, 0.6) is 0 Å². The molecule has 38 heavy (non-hydrogen) atoms. The summed E-state index contributed by atoms with van der Waals surface area (Å²) in [5, 5.41) is 10.5. The van der Waals surface area contributed by atoms with Gasteiger partial charge in [0.05, 0.1) is 23.7 Å². The predicted molar refractivity (Wildman–Crippen MR) is 142 cm³/mol. The highest BCUT2D eigenvalue weighted by molar-refractivity contribution is 8.09. The number of carbonyl (C=O) groups is 1. The molecule has 212 valence electrons. The monoisotopic (exact) mass is 574 g/mol. The smallest absolute Gasteiger partial charge is 0.407 e. The van der Waals surface area contributed by atoms with Crippen LogP contribution in [0, 0.1) is 5.95 Å². The van der Waals surface area contributed by atoms with Gasteiger partial charge in [0, 0.05) is 18.0 Å². The Morgan fingerprint density at radius 1 is 1.16 bits per heavy atom. The summed E-state index contributed by atoms with van der Waals surface area (Å²) in [5.74, 6) is -0.690. The second-order valence-corrected chi connectivity index (χ2v) is 14.6. The molecule has 0 unspecified atom stereocenters. The molecule has 0 bridgehead atoms. The molecule has 0 spiro atoms. The molecule has 2 heterocycles. The number of rotatable bonds is 8. The number of nitrogens with zero attached hydrogens (tertiary/aromatic N) is 4. The molecule has 1 aliphatic rings. The number of anilines is 3. The van der Waals surface area contributed by atoms with Crippen LogP contribution >= 0.6 is 0 Å². The van der Waals surface area contributed by atoms with Crippen LogP contribution in [0.15, 0.2) is 18.2 Å². The highest BCUT2D eigenvalue weighted by atomic mass is 32.3. The number of nitrogens with one attached hydrogen (secondary N) is 2. The van der Waals surface area contributed by atoms with Crippen LogP contribution in [-0.4, -0.2) is 62.4 Å². The topological polar surface area (TPSA) is 153 Å². The molecule has 1 saturated carbocycles. The first-order chi connectivity index (χ1) is 17.4. The maximum absolute atomic E-state index is 14.9. The standard InChI is InChI=1S/C23H35FN6O6S2/c1-14(2)25-22(31)36-16-9-8-15(12-16)17-13-20(29(28-17)23(3,4)5)26-19-11-10-18(21(24)27-19)30(37(6,32)33)38(7,34)35/h10-11,13-16H,8-9,12H2,1-7H3,(H,25,31)(H,26,27)/t15-,16+/m0/s1. The maximum atomic E-state index is 14.9.